The minimum absolute atomic E-state index is 0.0238. The third-order valence-electron chi connectivity index (χ3n) is 3.40. The molecular weight excluding hydrogens is 200 g/mol. The highest BCUT2D eigenvalue weighted by Crippen LogP contribution is 2.35. The molecule has 1 aliphatic carbocycles. The van der Waals surface area contributed by atoms with Gasteiger partial charge in [0.05, 0.1) is 5.54 Å². The first-order valence-electron chi connectivity index (χ1n) is 5.58. The maximum Gasteiger partial charge on any atom is 0.246 e. The van der Waals surface area contributed by atoms with E-state index in [1.807, 2.05) is 25.1 Å². The highest BCUT2D eigenvalue weighted by atomic mass is 16.2. The van der Waals surface area contributed by atoms with Gasteiger partial charge < -0.3 is 10.6 Å². The Morgan fingerprint density at radius 1 is 1.31 bits per heavy atom. The smallest absolute Gasteiger partial charge is 0.246 e. The van der Waals surface area contributed by atoms with E-state index in [-0.39, 0.29) is 5.91 Å². The molecule has 86 valence electrons. The average Bonchev–Trinajstić information content (AvgIpc) is 3.00. The Morgan fingerprint density at radius 3 is 2.44 bits per heavy atom. The molecule has 2 rings (SSSR count). The molecule has 1 aromatic rings. The van der Waals surface area contributed by atoms with Crippen molar-refractivity contribution < 1.29 is 4.79 Å². The van der Waals surface area contributed by atoms with E-state index in [1.54, 1.807) is 11.9 Å². The van der Waals surface area contributed by atoms with Gasteiger partial charge in [-0.1, -0.05) is 6.07 Å². The second-order valence-electron chi connectivity index (χ2n) is 4.79. The number of likely N-dealkylation sites (N-methyl/N-ethyl adjacent to an activating group) is 1. The van der Waals surface area contributed by atoms with Crippen molar-refractivity contribution in [2.45, 2.75) is 32.2 Å². The van der Waals surface area contributed by atoms with Gasteiger partial charge in [0.15, 0.2) is 0 Å². The van der Waals surface area contributed by atoms with Gasteiger partial charge in [0.25, 0.3) is 0 Å². The van der Waals surface area contributed by atoms with Gasteiger partial charge in [0.2, 0.25) is 5.91 Å². The number of aryl methyl sites for hydroxylation is 2. The van der Waals surface area contributed by atoms with Crippen LogP contribution in [0.15, 0.2) is 18.2 Å². The van der Waals surface area contributed by atoms with Gasteiger partial charge in [-0.3, -0.25) is 4.79 Å². The Kier molecular flexibility index (Phi) is 2.50. The number of carbonyl (C=O) groups is 1. The maximum absolute atomic E-state index is 12.0. The monoisotopic (exact) mass is 218 g/mol. The zero-order valence-electron chi connectivity index (χ0n) is 10.1. The molecule has 1 aliphatic rings. The summed E-state index contributed by atoms with van der Waals surface area (Å²) in [5.41, 5.74) is 8.66. The summed E-state index contributed by atoms with van der Waals surface area (Å²) in [6.45, 7) is 4.11. The van der Waals surface area contributed by atoms with Crippen LogP contribution in [0.25, 0.3) is 0 Å². The lowest BCUT2D eigenvalue weighted by atomic mass is 10.1. The van der Waals surface area contributed by atoms with E-state index in [2.05, 4.69) is 6.92 Å². The van der Waals surface area contributed by atoms with Gasteiger partial charge in [-0.05, 0) is 49.9 Å². The molecule has 0 bridgehead atoms. The van der Waals surface area contributed by atoms with Crippen LogP contribution >= 0.6 is 0 Å². The van der Waals surface area contributed by atoms with Crippen LogP contribution in [0.4, 0.5) is 5.69 Å². The molecule has 0 heterocycles. The summed E-state index contributed by atoms with van der Waals surface area (Å²) in [5.74, 6) is 0.0238. The first-order valence-corrected chi connectivity index (χ1v) is 5.58. The second kappa shape index (κ2) is 3.59. The second-order valence-corrected chi connectivity index (χ2v) is 4.79. The van der Waals surface area contributed by atoms with Crippen molar-refractivity contribution in [1.29, 1.82) is 0 Å². The minimum atomic E-state index is -0.590. The summed E-state index contributed by atoms with van der Waals surface area (Å²) < 4.78 is 0. The van der Waals surface area contributed by atoms with Gasteiger partial charge >= 0.3 is 0 Å². The van der Waals surface area contributed by atoms with Crippen LogP contribution in [-0.4, -0.2) is 18.5 Å². The average molecular weight is 218 g/mol. The molecule has 3 heteroatoms. The van der Waals surface area contributed by atoms with E-state index in [9.17, 15) is 4.79 Å². The highest BCUT2D eigenvalue weighted by Gasteiger charge is 2.47. The third-order valence-corrected chi connectivity index (χ3v) is 3.40. The fourth-order valence-electron chi connectivity index (χ4n) is 1.73. The van der Waals surface area contributed by atoms with Crippen molar-refractivity contribution >= 4 is 11.6 Å². The lowest BCUT2D eigenvalue weighted by Crippen LogP contribution is -2.43. The predicted octanol–water partition coefficient (Wildman–Crippen LogP) is 1.76. The number of benzene rings is 1. The molecule has 0 aliphatic heterocycles. The van der Waals surface area contributed by atoms with Gasteiger partial charge in [-0.15, -0.1) is 0 Å². The molecule has 0 unspecified atom stereocenters. The Labute approximate surface area is 96.2 Å². The van der Waals surface area contributed by atoms with E-state index in [4.69, 9.17) is 5.73 Å². The number of carbonyl (C=O) groups excluding carboxylic acids is 1. The lowest BCUT2D eigenvalue weighted by Gasteiger charge is -2.21. The molecule has 1 fully saturated rings. The van der Waals surface area contributed by atoms with Crippen LogP contribution in [0.5, 0.6) is 0 Å². The molecular formula is C13H18N2O. The number of nitrogens with two attached hydrogens (primary N) is 1. The molecule has 0 spiro atoms. The van der Waals surface area contributed by atoms with Crippen LogP contribution in [-0.2, 0) is 4.79 Å². The lowest BCUT2D eigenvalue weighted by molar-refractivity contribution is -0.120. The van der Waals surface area contributed by atoms with Crippen molar-refractivity contribution in [3.8, 4) is 0 Å². The zero-order chi connectivity index (χ0) is 11.9. The first kappa shape index (κ1) is 11.1. The first-order chi connectivity index (χ1) is 7.44. The van der Waals surface area contributed by atoms with Crippen molar-refractivity contribution in [1.82, 2.24) is 0 Å². The summed E-state index contributed by atoms with van der Waals surface area (Å²) in [7, 11) is 1.79. The Balaban J connectivity index is 2.23. The molecule has 1 amide bonds. The quantitative estimate of drug-likeness (QED) is 0.822. The highest BCUT2D eigenvalue weighted by molar-refractivity contribution is 6.01. The van der Waals surface area contributed by atoms with Crippen LogP contribution in [0.3, 0.4) is 0 Å². The molecule has 2 N–H and O–H groups in total. The SMILES string of the molecule is Cc1ccc(N(C)C(=O)C2(N)CC2)cc1C. The minimum Gasteiger partial charge on any atom is -0.317 e. The summed E-state index contributed by atoms with van der Waals surface area (Å²) in [6.07, 6.45) is 1.61. The third kappa shape index (κ3) is 1.83. The zero-order valence-corrected chi connectivity index (χ0v) is 10.1. The maximum atomic E-state index is 12.0. The summed E-state index contributed by atoms with van der Waals surface area (Å²) in [6, 6.07) is 6.02. The summed E-state index contributed by atoms with van der Waals surface area (Å²) >= 11 is 0. The molecule has 0 saturated heterocycles. The van der Waals surface area contributed by atoms with Gasteiger partial charge in [-0.25, -0.2) is 0 Å². The number of amides is 1. The van der Waals surface area contributed by atoms with E-state index >= 15 is 0 Å². The fraction of sp³-hybridized carbons (Fsp3) is 0.462. The van der Waals surface area contributed by atoms with Gasteiger partial charge in [0, 0.05) is 12.7 Å². The number of hydrogen-bond donors (Lipinski definition) is 1. The van der Waals surface area contributed by atoms with E-state index < -0.39 is 5.54 Å². The van der Waals surface area contributed by atoms with Crippen molar-refractivity contribution in [3.05, 3.63) is 29.3 Å². The van der Waals surface area contributed by atoms with Crippen LogP contribution in [0.2, 0.25) is 0 Å². The van der Waals surface area contributed by atoms with Crippen LogP contribution < -0.4 is 10.6 Å². The molecule has 16 heavy (non-hydrogen) atoms. The van der Waals surface area contributed by atoms with Crippen molar-refractivity contribution in [2.24, 2.45) is 5.73 Å². The predicted molar refractivity (Wildman–Crippen MR) is 65.5 cm³/mol. The van der Waals surface area contributed by atoms with Crippen LogP contribution in [0, 0.1) is 13.8 Å². The van der Waals surface area contributed by atoms with Gasteiger partial charge in [0.1, 0.15) is 0 Å². The van der Waals surface area contributed by atoms with Crippen molar-refractivity contribution in [2.75, 3.05) is 11.9 Å². The standard InChI is InChI=1S/C13H18N2O/c1-9-4-5-11(8-10(9)2)15(3)12(16)13(14)6-7-13/h4-5,8H,6-7,14H2,1-3H3. The van der Waals surface area contributed by atoms with E-state index in [0.29, 0.717) is 0 Å². The Hall–Kier alpha value is -1.35. The van der Waals surface area contributed by atoms with E-state index in [1.165, 1.54) is 11.1 Å². The molecule has 1 aromatic carbocycles. The number of rotatable bonds is 2. The molecule has 0 aromatic heterocycles. The summed E-state index contributed by atoms with van der Waals surface area (Å²) in [5, 5.41) is 0. The van der Waals surface area contributed by atoms with Crippen molar-refractivity contribution in [3.63, 3.8) is 0 Å². The summed E-state index contributed by atoms with van der Waals surface area (Å²) in [4.78, 5) is 13.7. The largest absolute Gasteiger partial charge is 0.317 e. The Morgan fingerprint density at radius 2 is 1.94 bits per heavy atom. The number of anilines is 1. The molecule has 0 radical (unpaired) electrons. The molecule has 3 nitrogen and oxygen atoms in total. The number of hydrogen-bond acceptors (Lipinski definition) is 2. The van der Waals surface area contributed by atoms with E-state index in [0.717, 1.165) is 18.5 Å². The normalized spacial score (nSPS) is 17.0. The Bertz CT molecular complexity index is 436. The fourth-order valence-corrected chi connectivity index (χ4v) is 1.73. The van der Waals surface area contributed by atoms with Crippen LogP contribution in [0.1, 0.15) is 24.0 Å². The topological polar surface area (TPSA) is 46.3 Å². The molecule has 1 saturated carbocycles. The molecule has 0 atom stereocenters. The number of nitrogens with zero attached hydrogens (tertiary/aromatic N) is 1. The van der Waals surface area contributed by atoms with Gasteiger partial charge in [-0.2, -0.15) is 0 Å².